The zero-order valence-electron chi connectivity index (χ0n) is 13.5. The zero-order chi connectivity index (χ0) is 16.7. The van der Waals surface area contributed by atoms with Crippen LogP contribution in [0.1, 0.15) is 17.5 Å². The van der Waals surface area contributed by atoms with Gasteiger partial charge in [0.25, 0.3) is 0 Å². The Morgan fingerprint density at radius 3 is 2.52 bits per heavy atom. The Kier molecular flexibility index (Phi) is 5.86. The second-order valence-corrected chi connectivity index (χ2v) is 5.16. The number of hydrogen-bond acceptors (Lipinski definition) is 4. The van der Waals surface area contributed by atoms with E-state index in [9.17, 15) is 4.79 Å². The Morgan fingerprint density at radius 1 is 1.09 bits per heavy atom. The fourth-order valence-electron chi connectivity index (χ4n) is 2.29. The van der Waals surface area contributed by atoms with Crippen LogP contribution in [0.5, 0.6) is 11.5 Å². The third-order valence-corrected chi connectivity index (χ3v) is 3.61. The molecule has 0 saturated heterocycles. The molecule has 122 valence electrons. The molecular weight excluding hydrogens is 292 g/mol. The largest absolute Gasteiger partial charge is 0.493 e. The van der Waals surface area contributed by atoms with E-state index in [4.69, 9.17) is 15.2 Å². The molecule has 0 bridgehead atoms. The second kappa shape index (κ2) is 8.08. The Bertz CT molecular complexity index is 671. The Hall–Kier alpha value is -2.69. The van der Waals surface area contributed by atoms with Crippen molar-refractivity contribution in [1.29, 1.82) is 0 Å². The summed E-state index contributed by atoms with van der Waals surface area (Å²) >= 11 is 0. The molecule has 0 spiro atoms. The number of carbonyl (C=O) groups excluding carboxylic acids is 1. The van der Waals surface area contributed by atoms with Crippen molar-refractivity contribution in [2.24, 2.45) is 0 Å². The highest BCUT2D eigenvalue weighted by Gasteiger charge is 2.07. The van der Waals surface area contributed by atoms with Gasteiger partial charge in [0.15, 0.2) is 11.5 Å². The molecule has 0 heterocycles. The van der Waals surface area contributed by atoms with Crippen LogP contribution in [-0.2, 0) is 17.8 Å². The van der Waals surface area contributed by atoms with Crippen molar-refractivity contribution >= 4 is 11.6 Å². The fraction of sp³-hybridized carbons (Fsp3) is 0.278. The van der Waals surface area contributed by atoms with Crippen LogP contribution in [-0.4, -0.2) is 20.1 Å². The summed E-state index contributed by atoms with van der Waals surface area (Å²) in [5.74, 6) is 1.31. The number of ether oxygens (including phenoxy) is 2. The van der Waals surface area contributed by atoms with Crippen LogP contribution in [0.3, 0.4) is 0 Å². The van der Waals surface area contributed by atoms with Crippen molar-refractivity contribution in [2.75, 3.05) is 20.0 Å². The van der Waals surface area contributed by atoms with Gasteiger partial charge >= 0.3 is 0 Å². The summed E-state index contributed by atoms with van der Waals surface area (Å²) in [7, 11) is 3.18. The highest BCUT2D eigenvalue weighted by atomic mass is 16.5. The van der Waals surface area contributed by atoms with Gasteiger partial charge in [0, 0.05) is 18.7 Å². The first kappa shape index (κ1) is 16.7. The highest BCUT2D eigenvalue weighted by molar-refractivity contribution is 5.76. The van der Waals surface area contributed by atoms with E-state index in [1.165, 1.54) is 0 Å². The maximum Gasteiger partial charge on any atom is 0.220 e. The molecule has 2 aromatic carbocycles. The lowest BCUT2D eigenvalue weighted by atomic mass is 10.1. The molecule has 2 aromatic rings. The molecule has 0 unspecified atom stereocenters. The van der Waals surface area contributed by atoms with Gasteiger partial charge in [0.05, 0.1) is 14.2 Å². The summed E-state index contributed by atoms with van der Waals surface area (Å²) in [4.78, 5) is 12.0. The number of anilines is 1. The monoisotopic (exact) mass is 314 g/mol. The van der Waals surface area contributed by atoms with Crippen molar-refractivity contribution in [3.8, 4) is 11.5 Å². The van der Waals surface area contributed by atoms with E-state index in [0.717, 1.165) is 16.8 Å². The van der Waals surface area contributed by atoms with Crippen LogP contribution >= 0.6 is 0 Å². The molecule has 0 saturated carbocycles. The fourth-order valence-corrected chi connectivity index (χ4v) is 2.29. The van der Waals surface area contributed by atoms with Crippen LogP contribution < -0.4 is 20.5 Å². The number of nitrogens with one attached hydrogen (secondary N) is 1. The van der Waals surface area contributed by atoms with Crippen LogP contribution in [0, 0.1) is 0 Å². The van der Waals surface area contributed by atoms with Crippen LogP contribution in [0.25, 0.3) is 0 Å². The molecule has 2 rings (SSSR count). The predicted molar refractivity (Wildman–Crippen MR) is 90.6 cm³/mol. The average molecular weight is 314 g/mol. The molecular formula is C18H22N2O3. The van der Waals surface area contributed by atoms with E-state index >= 15 is 0 Å². The number of amides is 1. The Morgan fingerprint density at radius 2 is 1.83 bits per heavy atom. The standard InChI is InChI=1S/C18H22N2O3/c1-22-16-9-7-13(11-17(16)23-2)12-20-18(21)10-8-14-5-3-4-6-15(14)19/h3-7,9,11H,8,10,12,19H2,1-2H3,(H,20,21). The maximum absolute atomic E-state index is 12.0. The minimum Gasteiger partial charge on any atom is -0.493 e. The summed E-state index contributed by atoms with van der Waals surface area (Å²) in [6, 6.07) is 13.2. The molecule has 0 aliphatic carbocycles. The number of rotatable bonds is 7. The smallest absolute Gasteiger partial charge is 0.220 e. The molecule has 0 fully saturated rings. The van der Waals surface area contributed by atoms with E-state index in [-0.39, 0.29) is 5.91 Å². The predicted octanol–water partition coefficient (Wildman–Crippen LogP) is 2.54. The Balaban J connectivity index is 1.86. The van der Waals surface area contributed by atoms with Crippen molar-refractivity contribution < 1.29 is 14.3 Å². The lowest BCUT2D eigenvalue weighted by molar-refractivity contribution is -0.121. The third-order valence-electron chi connectivity index (χ3n) is 3.61. The van der Waals surface area contributed by atoms with Gasteiger partial charge in [-0.3, -0.25) is 4.79 Å². The van der Waals surface area contributed by atoms with Crippen molar-refractivity contribution in [1.82, 2.24) is 5.32 Å². The molecule has 0 aromatic heterocycles. The van der Waals surface area contributed by atoms with Crippen molar-refractivity contribution in [3.05, 3.63) is 53.6 Å². The molecule has 1 amide bonds. The van der Waals surface area contributed by atoms with Gasteiger partial charge in [-0.05, 0) is 35.7 Å². The molecule has 23 heavy (non-hydrogen) atoms. The second-order valence-electron chi connectivity index (χ2n) is 5.16. The number of nitrogens with two attached hydrogens (primary N) is 1. The quantitative estimate of drug-likeness (QED) is 0.770. The maximum atomic E-state index is 12.0. The molecule has 0 radical (unpaired) electrons. The van der Waals surface area contributed by atoms with Crippen molar-refractivity contribution in [2.45, 2.75) is 19.4 Å². The van der Waals surface area contributed by atoms with Gasteiger partial charge < -0.3 is 20.5 Å². The van der Waals surface area contributed by atoms with Crippen molar-refractivity contribution in [3.63, 3.8) is 0 Å². The SMILES string of the molecule is COc1ccc(CNC(=O)CCc2ccccc2N)cc1OC. The number of nitrogen functional groups attached to an aromatic ring is 1. The molecule has 0 atom stereocenters. The van der Waals surface area contributed by atoms with Crippen LogP contribution in [0.15, 0.2) is 42.5 Å². The first-order valence-corrected chi connectivity index (χ1v) is 7.45. The van der Waals surface area contributed by atoms with E-state index in [1.807, 2.05) is 42.5 Å². The highest BCUT2D eigenvalue weighted by Crippen LogP contribution is 2.27. The van der Waals surface area contributed by atoms with Gasteiger partial charge in [-0.25, -0.2) is 0 Å². The van der Waals surface area contributed by atoms with Gasteiger partial charge in [-0.15, -0.1) is 0 Å². The van der Waals surface area contributed by atoms with Crippen LogP contribution in [0.4, 0.5) is 5.69 Å². The topological polar surface area (TPSA) is 73.6 Å². The van der Waals surface area contributed by atoms with E-state index in [0.29, 0.717) is 30.9 Å². The summed E-state index contributed by atoms with van der Waals surface area (Å²) < 4.78 is 10.4. The first-order valence-electron chi connectivity index (χ1n) is 7.45. The van der Waals surface area contributed by atoms with Gasteiger partial charge in [-0.2, -0.15) is 0 Å². The Labute approximate surface area is 136 Å². The lowest BCUT2D eigenvalue weighted by Gasteiger charge is -2.10. The zero-order valence-corrected chi connectivity index (χ0v) is 13.5. The third kappa shape index (κ3) is 4.64. The number of benzene rings is 2. The normalized spacial score (nSPS) is 10.2. The molecule has 0 aliphatic heterocycles. The van der Waals surface area contributed by atoms with E-state index in [1.54, 1.807) is 14.2 Å². The molecule has 3 N–H and O–H groups in total. The van der Waals surface area contributed by atoms with Gasteiger partial charge in [0.2, 0.25) is 5.91 Å². The number of aryl methyl sites for hydroxylation is 1. The summed E-state index contributed by atoms with van der Waals surface area (Å²) in [5.41, 5.74) is 8.54. The summed E-state index contributed by atoms with van der Waals surface area (Å²) in [6.45, 7) is 0.448. The summed E-state index contributed by atoms with van der Waals surface area (Å²) in [5, 5.41) is 2.90. The van der Waals surface area contributed by atoms with E-state index < -0.39 is 0 Å². The van der Waals surface area contributed by atoms with Crippen LogP contribution in [0.2, 0.25) is 0 Å². The minimum absolute atomic E-state index is 0.0111. The summed E-state index contributed by atoms with van der Waals surface area (Å²) in [6.07, 6.45) is 1.03. The average Bonchev–Trinajstić information content (AvgIpc) is 2.58. The first-order chi connectivity index (χ1) is 11.1. The van der Waals surface area contributed by atoms with E-state index in [2.05, 4.69) is 5.32 Å². The lowest BCUT2D eigenvalue weighted by Crippen LogP contribution is -2.23. The molecule has 5 heteroatoms. The number of methoxy groups -OCH3 is 2. The molecule has 0 aliphatic rings. The molecule has 5 nitrogen and oxygen atoms in total. The van der Waals surface area contributed by atoms with Gasteiger partial charge in [-0.1, -0.05) is 24.3 Å². The number of carbonyl (C=O) groups is 1. The number of para-hydroxylation sites is 1. The van der Waals surface area contributed by atoms with Gasteiger partial charge in [0.1, 0.15) is 0 Å². The number of hydrogen-bond donors (Lipinski definition) is 2. The minimum atomic E-state index is -0.0111.